The molecule has 0 unspecified atom stereocenters. The highest BCUT2D eigenvalue weighted by Crippen LogP contribution is 2.04. The van der Waals surface area contributed by atoms with Crippen molar-refractivity contribution in [1.82, 2.24) is 0 Å². The second kappa shape index (κ2) is 11.0. The van der Waals surface area contributed by atoms with Gasteiger partial charge in [0.1, 0.15) is 6.54 Å². The van der Waals surface area contributed by atoms with Crippen LogP contribution in [0.4, 0.5) is 0 Å². The average molecular weight is 306 g/mol. The van der Waals surface area contributed by atoms with Gasteiger partial charge < -0.3 is 0 Å². The SMILES string of the molecule is CCCCCCCC[n+]1ccc(C)cc1.[O-][Cl+3]([O-])([O-])[O-]. The van der Waals surface area contributed by atoms with Gasteiger partial charge in [0.25, 0.3) is 0 Å². The molecule has 0 saturated heterocycles. The Hall–Kier alpha value is -0.720. The van der Waals surface area contributed by atoms with Crippen LogP contribution in [-0.4, -0.2) is 0 Å². The van der Waals surface area contributed by atoms with Crippen molar-refractivity contribution >= 4 is 0 Å². The molecule has 116 valence electrons. The molecule has 1 heterocycles. The molecule has 1 aromatic rings. The van der Waals surface area contributed by atoms with Gasteiger partial charge >= 0.3 is 0 Å². The minimum atomic E-state index is -4.94. The van der Waals surface area contributed by atoms with Gasteiger partial charge in [-0.05, 0) is 18.9 Å². The molecule has 0 fully saturated rings. The van der Waals surface area contributed by atoms with E-state index >= 15 is 0 Å². The van der Waals surface area contributed by atoms with Gasteiger partial charge in [0.05, 0.1) is 0 Å². The maximum Gasteiger partial charge on any atom is 0.169 e. The number of pyridine rings is 1. The van der Waals surface area contributed by atoms with E-state index in [1.807, 2.05) is 0 Å². The number of unbranched alkanes of at least 4 members (excludes halogenated alkanes) is 5. The van der Waals surface area contributed by atoms with Crippen molar-refractivity contribution in [1.29, 1.82) is 0 Å². The summed E-state index contributed by atoms with van der Waals surface area (Å²) in [6, 6.07) is 4.36. The number of rotatable bonds is 7. The summed E-state index contributed by atoms with van der Waals surface area (Å²) < 4.78 is 36.3. The van der Waals surface area contributed by atoms with Crippen LogP contribution >= 0.6 is 0 Å². The lowest BCUT2D eigenvalue weighted by molar-refractivity contribution is -2.00. The van der Waals surface area contributed by atoms with E-state index in [0.29, 0.717) is 0 Å². The maximum atomic E-state index is 8.49. The number of aromatic nitrogens is 1. The quantitative estimate of drug-likeness (QED) is 0.471. The fraction of sp³-hybridized carbons (Fsp3) is 0.643. The smallest absolute Gasteiger partial charge is 0.169 e. The van der Waals surface area contributed by atoms with Gasteiger partial charge in [-0.15, -0.1) is 10.2 Å². The van der Waals surface area contributed by atoms with Crippen molar-refractivity contribution in [3.05, 3.63) is 30.1 Å². The molecule has 0 radical (unpaired) electrons. The molecule has 1 rings (SSSR count). The van der Waals surface area contributed by atoms with Gasteiger partial charge in [-0.1, -0.05) is 32.6 Å². The molecule has 0 atom stereocenters. The molecule has 0 bridgehead atoms. The normalized spacial score (nSPS) is 10.9. The van der Waals surface area contributed by atoms with Gasteiger partial charge in [-0.3, -0.25) is 0 Å². The fourth-order valence-electron chi connectivity index (χ4n) is 1.76. The van der Waals surface area contributed by atoms with Crippen LogP contribution in [0.2, 0.25) is 0 Å². The van der Waals surface area contributed by atoms with Crippen LogP contribution in [0.5, 0.6) is 0 Å². The lowest BCUT2D eigenvalue weighted by Crippen LogP contribution is -2.68. The molecule has 0 saturated carbocycles. The van der Waals surface area contributed by atoms with Gasteiger partial charge in [-0.2, -0.15) is 0 Å². The Morgan fingerprint density at radius 3 is 1.85 bits per heavy atom. The lowest BCUT2D eigenvalue weighted by atomic mass is 10.1. The Balaban J connectivity index is 0.000000621. The van der Waals surface area contributed by atoms with E-state index in [0.717, 1.165) is 0 Å². The molecule has 0 aliphatic carbocycles. The van der Waals surface area contributed by atoms with Crippen LogP contribution in [0.3, 0.4) is 0 Å². The van der Waals surface area contributed by atoms with Crippen LogP contribution in [0, 0.1) is 17.2 Å². The number of aryl methyl sites for hydroxylation is 2. The Morgan fingerprint density at radius 2 is 1.35 bits per heavy atom. The molecular weight excluding hydrogens is 282 g/mol. The van der Waals surface area contributed by atoms with E-state index in [9.17, 15) is 0 Å². The van der Waals surface area contributed by atoms with Crippen LogP contribution in [-0.2, 0) is 6.54 Å². The summed E-state index contributed by atoms with van der Waals surface area (Å²) in [7, 11) is -4.94. The van der Waals surface area contributed by atoms with E-state index in [4.69, 9.17) is 18.6 Å². The van der Waals surface area contributed by atoms with E-state index < -0.39 is 10.2 Å². The average Bonchev–Trinajstić information content (AvgIpc) is 2.34. The molecule has 0 aliphatic rings. The van der Waals surface area contributed by atoms with Crippen LogP contribution in [0.25, 0.3) is 0 Å². The Labute approximate surface area is 123 Å². The zero-order valence-electron chi connectivity index (χ0n) is 12.2. The van der Waals surface area contributed by atoms with Crippen molar-refractivity contribution in [2.45, 2.75) is 58.9 Å². The minimum Gasteiger partial charge on any atom is -0.222 e. The summed E-state index contributed by atoms with van der Waals surface area (Å²) in [6.45, 7) is 5.57. The first-order valence-electron chi connectivity index (χ1n) is 6.90. The number of nitrogens with zero attached hydrogens (tertiary/aromatic N) is 1. The third-order valence-electron chi connectivity index (χ3n) is 2.83. The summed E-state index contributed by atoms with van der Waals surface area (Å²) in [4.78, 5) is 0. The second-order valence-electron chi connectivity index (χ2n) is 4.76. The summed E-state index contributed by atoms with van der Waals surface area (Å²) in [5, 5.41) is 0. The molecule has 5 nitrogen and oxygen atoms in total. The van der Waals surface area contributed by atoms with E-state index in [1.165, 1.54) is 50.6 Å². The Bertz CT molecular complexity index is 332. The monoisotopic (exact) mass is 305 g/mol. The highest BCUT2D eigenvalue weighted by atomic mass is 35.7. The number of hydrogen-bond acceptors (Lipinski definition) is 4. The zero-order chi connectivity index (χ0) is 15.4. The summed E-state index contributed by atoms with van der Waals surface area (Å²) >= 11 is 0. The van der Waals surface area contributed by atoms with E-state index in [2.05, 4.69) is 42.9 Å². The maximum absolute atomic E-state index is 8.49. The molecular formula is C14H24ClNO4. The summed E-state index contributed by atoms with van der Waals surface area (Å²) in [6.07, 6.45) is 12.6. The molecule has 20 heavy (non-hydrogen) atoms. The Morgan fingerprint density at radius 1 is 0.900 bits per heavy atom. The molecule has 6 heteroatoms. The minimum absolute atomic E-state index is 1.17. The first-order valence-corrected chi connectivity index (χ1v) is 8.14. The van der Waals surface area contributed by atoms with Crippen molar-refractivity contribution in [3.8, 4) is 0 Å². The highest BCUT2D eigenvalue weighted by molar-refractivity contribution is 5.03. The third kappa shape index (κ3) is 15.3. The van der Waals surface area contributed by atoms with Crippen LogP contribution < -0.4 is 23.2 Å². The standard InChI is InChI=1S/C14H24N.ClHO4/c1-3-4-5-6-7-8-11-15-12-9-14(2)10-13-15;2-1(3,4)5/h9-10,12-13H,3-8,11H2,1-2H3;(H,2,3,4,5)/q+1;/p-1. The zero-order valence-corrected chi connectivity index (χ0v) is 13.0. The first-order chi connectivity index (χ1) is 9.33. The lowest BCUT2D eigenvalue weighted by Gasteiger charge is -2.17. The molecule has 0 aromatic carbocycles. The van der Waals surface area contributed by atoms with Crippen LogP contribution in [0.15, 0.2) is 24.5 Å². The molecule has 1 aromatic heterocycles. The molecule has 0 spiro atoms. The van der Waals surface area contributed by atoms with Crippen molar-refractivity contribution in [2.75, 3.05) is 0 Å². The fourth-order valence-corrected chi connectivity index (χ4v) is 1.76. The van der Waals surface area contributed by atoms with E-state index in [1.54, 1.807) is 0 Å². The van der Waals surface area contributed by atoms with Gasteiger partial charge in [0.15, 0.2) is 12.4 Å². The molecule has 0 N–H and O–H groups in total. The topological polar surface area (TPSA) is 96.1 Å². The van der Waals surface area contributed by atoms with E-state index in [-0.39, 0.29) is 0 Å². The third-order valence-corrected chi connectivity index (χ3v) is 2.83. The van der Waals surface area contributed by atoms with Gasteiger partial charge in [0.2, 0.25) is 0 Å². The molecule has 0 aliphatic heterocycles. The molecule has 0 amide bonds. The van der Waals surface area contributed by atoms with Crippen molar-refractivity contribution in [2.24, 2.45) is 0 Å². The predicted octanol–water partition coefficient (Wildman–Crippen LogP) is -1.11. The van der Waals surface area contributed by atoms with Gasteiger partial charge in [-0.25, -0.2) is 23.2 Å². The largest absolute Gasteiger partial charge is 0.222 e. The van der Waals surface area contributed by atoms with Crippen molar-refractivity contribution in [3.63, 3.8) is 0 Å². The van der Waals surface area contributed by atoms with Gasteiger partial charge in [0, 0.05) is 18.6 Å². The van der Waals surface area contributed by atoms with Crippen molar-refractivity contribution < 1.29 is 33.4 Å². The van der Waals surface area contributed by atoms with Crippen LogP contribution in [0.1, 0.15) is 51.0 Å². The number of hydrogen-bond donors (Lipinski definition) is 0. The predicted molar refractivity (Wildman–Crippen MR) is 64.8 cm³/mol. The second-order valence-corrected chi connectivity index (χ2v) is 5.51. The first kappa shape index (κ1) is 19.3. The summed E-state index contributed by atoms with van der Waals surface area (Å²) in [5.41, 5.74) is 1.34. The highest BCUT2D eigenvalue weighted by Gasteiger charge is 1.98. The Kier molecular flexibility index (Phi) is 10.6. The summed E-state index contributed by atoms with van der Waals surface area (Å²) in [5.74, 6) is 0. The number of halogens is 1.